The first-order chi connectivity index (χ1) is 10.2. The van der Waals surface area contributed by atoms with Crippen LogP contribution in [0.25, 0.3) is 11.0 Å². The molecule has 4 N–H and O–H groups in total. The molecular formula is C13H12FN7. The third kappa shape index (κ3) is 2.38. The van der Waals surface area contributed by atoms with Gasteiger partial charge in [0.15, 0.2) is 11.5 Å². The summed E-state index contributed by atoms with van der Waals surface area (Å²) < 4.78 is 14.8. The Morgan fingerprint density at radius 3 is 3.00 bits per heavy atom. The van der Waals surface area contributed by atoms with Crippen LogP contribution in [0.5, 0.6) is 0 Å². The molecular weight excluding hydrogens is 273 g/mol. The monoisotopic (exact) mass is 285 g/mol. The minimum absolute atomic E-state index is 0.115. The average Bonchev–Trinajstić information content (AvgIpc) is 2.86. The van der Waals surface area contributed by atoms with Crippen LogP contribution in [0.15, 0.2) is 41.9 Å². The van der Waals surface area contributed by atoms with E-state index in [0.29, 0.717) is 23.4 Å². The van der Waals surface area contributed by atoms with Gasteiger partial charge >= 0.3 is 0 Å². The standard InChI is InChI=1S/C13H12FN7/c14-9-4-8(5-17-6-9)7-21-13-10(2-1-3-18-13)11(20-21)12(15)19-16/h1-6H,7,16H2,(H2,15,19). The number of pyridine rings is 2. The van der Waals surface area contributed by atoms with Crippen molar-refractivity contribution in [2.24, 2.45) is 16.7 Å². The second-order valence-electron chi connectivity index (χ2n) is 4.41. The summed E-state index contributed by atoms with van der Waals surface area (Å²) >= 11 is 0. The lowest BCUT2D eigenvalue weighted by Gasteiger charge is -2.02. The van der Waals surface area contributed by atoms with E-state index in [4.69, 9.17) is 11.6 Å². The van der Waals surface area contributed by atoms with Crippen LogP contribution in [-0.4, -0.2) is 25.6 Å². The maximum Gasteiger partial charge on any atom is 0.171 e. The van der Waals surface area contributed by atoms with E-state index in [9.17, 15) is 4.39 Å². The van der Waals surface area contributed by atoms with Crippen molar-refractivity contribution in [2.45, 2.75) is 6.54 Å². The second kappa shape index (κ2) is 5.16. The van der Waals surface area contributed by atoms with Crippen molar-refractivity contribution in [1.29, 1.82) is 0 Å². The van der Waals surface area contributed by atoms with Crippen molar-refractivity contribution in [3.63, 3.8) is 0 Å². The zero-order valence-electron chi connectivity index (χ0n) is 10.9. The molecule has 3 aromatic heterocycles. The number of hydrogen-bond donors (Lipinski definition) is 2. The van der Waals surface area contributed by atoms with E-state index in [0.717, 1.165) is 11.6 Å². The minimum atomic E-state index is -0.403. The molecule has 106 valence electrons. The molecule has 0 bridgehead atoms. The van der Waals surface area contributed by atoms with Crippen molar-refractivity contribution >= 4 is 16.9 Å². The summed E-state index contributed by atoms with van der Waals surface area (Å²) in [6, 6.07) is 4.98. The van der Waals surface area contributed by atoms with Crippen molar-refractivity contribution in [1.82, 2.24) is 19.7 Å². The summed E-state index contributed by atoms with van der Waals surface area (Å²) in [4.78, 5) is 8.09. The van der Waals surface area contributed by atoms with Gasteiger partial charge in [-0.3, -0.25) is 4.98 Å². The summed E-state index contributed by atoms with van der Waals surface area (Å²) in [6.45, 7) is 0.316. The first-order valence-electron chi connectivity index (χ1n) is 6.13. The largest absolute Gasteiger partial charge is 0.380 e. The van der Waals surface area contributed by atoms with E-state index >= 15 is 0 Å². The highest BCUT2D eigenvalue weighted by molar-refractivity contribution is 6.06. The number of fused-ring (bicyclic) bond motifs is 1. The maximum atomic E-state index is 13.2. The van der Waals surface area contributed by atoms with Crippen molar-refractivity contribution in [2.75, 3.05) is 0 Å². The molecule has 0 saturated heterocycles. The predicted molar refractivity (Wildman–Crippen MR) is 75.7 cm³/mol. The number of halogens is 1. The molecule has 0 saturated carbocycles. The van der Waals surface area contributed by atoms with Crippen LogP contribution in [-0.2, 0) is 6.54 Å². The van der Waals surface area contributed by atoms with Gasteiger partial charge in [-0.1, -0.05) is 0 Å². The first-order valence-corrected chi connectivity index (χ1v) is 6.13. The van der Waals surface area contributed by atoms with Crippen LogP contribution in [0, 0.1) is 5.82 Å². The van der Waals surface area contributed by atoms with E-state index in [2.05, 4.69) is 20.2 Å². The van der Waals surface area contributed by atoms with Gasteiger partial charge < -0.3 is 11.6 Å². The van der Waals surface area contributed by atoms with E-state index in [1.54, 1.807) is 23.1 Å². The number of amidine groups is 1. The molecule has 0 fully saturated rings. The topological polar surface area (TPSA) is 108 Å². The Labute approximate surface area is 119 Å². The SMILES string of the molecule is N/N=C(\N)c1nn(Cc2cncc(F)c2)c2ncccc12. The van der Waals surface area contributed by atoms with Gasteiger partial charge in [0.2, 0.25) is 0 Å². The Hall–Kier alpha value is -3.03. The molecule has 0 spiro atoms. The lowest BCUT2D eigenvalue weighted by molar-refractivity contribution is 0.613. The van der Waals surface area contributed by atoms with Crippen LogP contribution >= 0.6 is 0 Å². The smallest absolute Gasteiger partial charge is 0.171 e. The molecule has 0 aliphatic rings. The Balaban J connectivity index is 2.11. The van der Waals surface area contributed by atoms with Crippen LogP contribution in [0.2, 0.25) is 0 Å². The predicted octanol–water partition coefficient (Wildman–Crippen LogP) is 0.593. The van der Waals surface area contributed by atoms with Gasteiger partial charge in [-0.15, -0.1) is 0 Å². The van der Waals surface area contributed by atoms with E-state index in [1.807, 2.05) is 6.07 Å². The van der Waals surface area contributed by atoms with Crippen molar-refractivity contribution in [3.05, 3.63) is 53.9 Å². The zero-order chi connectivity index (χ0) is 14.8. The molecule has 3 aromatic rings. The highest BCUT2D eigenvalue weighted by atomic mass is 19.1. The average molecular weight is 285 g/mol. The van der Waals surface area contributed by atoms with Crippen molar-refractivity contribution in [3.8, 4) is 0 Å². The molecule has 0 radical (unpaired) electrons. The van der Waals surface area contributed by atoms with Crippen LogP contribution in [0.3, 0.4) is 0 Å². The van der Waals surface area contributed by atoms with E-state index < -0.39 is 5.82 Å². The lowest BCUT2D eigenvalue weighted by Crippen LogP contribution is -2.17. The summed E-state index contributed by atoms with van der Waals surface area (Å²) in [5.74, 6) is 4.92. The van der Waals surface area contributed by atoms with Crippen molar-refractivity contribution < 1.29 is 4.39 Å². The van der Waals surface area contributed by atoms with Crippen LogP contribution < -0.4 is 11.6 Å². The zero-order valence-corrected chi connectivity index (χ0v) is 10.9. The fourth-order valence-corrected chi connectivity index (χ4v) is 2.09. The number of nitrogens with zero attached hydrogens (tertiary/aromatic N) is 5. The Morgan fingerprint density at radius 2 is 2.24 bits per heavy atom. The van der Waals surface area contributed by atoms with Gasteiger partial charge in [0.1, 0.15) is 11.5 Å². The molecule has 0 aliphatic heterocycles. The van der Waals surface area contributed by atoms with Gasteiger partial charge in [-0.2, -0.15) is 10.2 Å². The lowest BCUT2D eigenvalue weighted by atomic mass is 10.2. The number of nitrogens with two attached hydrogens (primary N) is 2. The van der Waals surface area contributed by atoms with E-state index in [-0.39, 0.29) is 5.84 Å². The number of aromatic nitrogens is 4. The van der Waals surface area contributed by atoms with Gasteiger partial charge in [0.25, 0.3) is 0 Å². The Morgan fingerprint density at radius 1 is 1.38 bits per heavy atom. The Kier molecular flexibility index (Phi) is 3.19. The molecule has 0 atom stereocenters. The van der Waals surface area contributed by atoms with Gasteiger partial charge in [-0.25, -0.2) is 14.1 Å². The summed E-state index contributed by atoms with van der Waals surface area (Å²) in [5.41, 5.74) is 7.47. The second-order valence-corrected chi connectivity index (χ2v) is 4.41. The van der Waals surface area contributed by atoms with Gasteiger partial charge in [-0.05, 0) is 23.8 Å². The molecule has 3 rings (SSSR count). The molecule has 0 aliphatic carbocycles. The highest BCUT2D eigenvalue weighted by Crippen LogP contribution is 2.17. The third-order valence-corrected chi connectivity index (χ3v) is 2.98. The fourth-order valence-electron chi connectivity index (χ4n) is 2.09. The summed E-state index contributed by atoms with van der Waals surface area (Å²) in [7, 11) is 0. The number of hydrazone groups is 1. The third-order valence-electron chi connectivity index (χ3n) is 2.98. The molecule has 3 heterocycles. The quantitative estimate of drug-likeness (QED) is 0.317. The van der Waals surface area contributed by atoms with Gasteiger partial charge in [0.05, 0.1) is 18.1 Å². The summed E-state index contributed by atoms with van der Waals surface area (Å²) in [6.07, 6.45) is 4.36. The normalized spacial score (nSPS) is 12.0. The van der Waals surface area contributed by atoms with Crippen LogP contribution in [0.1, 0.15) is 11.3 Å². The number of rotatable bonds is 3. The first kappa shape index (κ1) is 13.0. The molecule has 8 heteroatoms. The van der Waals surface area contributed by atoms with Crippen LogP contribution in [0.4, 0.5) is 4.39 Å². The molecule has 7 nitrogen and oxygen atoms in total. The molecule has 0 amide bonds. The maximum absolute atomic E-state index is 13.2. The Bertz CT molecular complexity index is 824. The summed E-state index contributed by atoms with van der Waals surface area (Å²) in [5, 5.41) is 8.55. The highest BCUT2D eigenvalue weighted by Gasteiger charge is 2.14. The molecule has 0 unspecified atom stereocenters. The fraction of sp³-hybridized carbons (Fsp3) is 0.0769. The molecule has 21 heavy (non-hydrogen) atoms. The molecule has 0 aromatic carbocycles. The number of hydrogen-bond acceptors (Lipinski definition) is 5. The van der Waals surface area contributed by atoms with E-state index in [1.165, 1.54) is 6.07 Å². The van der Waals surface area contributed by atoms with Gasteiger partial charge in [0, 0.05) is 12.4 Å². The minimum Gasteiger partial charge on any atom is -0.380 e.